The van der Waals surface area contributed by atoms with E-state index in [1.165, 1.54) is 0 Å². The maximum absolute atomic E-state index is 12.0. The molecule has 0 fully saturated rings. The standard InChI is InChI=1S/C13H12BrN3O2/c1-19-10-6-8(14)5-9(7-10)16-13(18)11-3-2-4-12(15)17-11/h2-7H,1H3,(H2,15,17)(H,16,18). The van der Waals surface area contributed by atoms with Crippen LogP contribution in [0.3, 0.4) is 0 Å². The van der Waals surface area contributed by atoms with Crippen LogP contribution >= 0.6 is 15.9 Å². The van der Waals surface area contributed by atoms with Crippen LogP contribution in [-0.4, -0.2) is 18.0 Å². The normalized spacial score (nSPS) is 10.0. The second-order valence-corrected chi connectivity index (χ2v) is 4.70. The van der Waals surface area contributed by atoms with Crippen LogP contribution in [0.5, 0.6) is 5.75 Å². The van der Waals surface area contributed by atoms with Crippen molar-refractivity contribution in [2.45, 2.75) is 0 Å². The first kappa shape index (κ1) is 13.4. The van der Waals surface area contributed by atoms with Crippen LogP contribution in [0.25, 0.3) is 0 Å². The van der Waals surface area contributed by atoms with E-state index in [1.54, 1.807) is 43.5 Å². The lowest BCUT2D eigenvalue weighted by molar-refractivity contribution is 0.102. The number of benzene rings is 1. The Morgan fingerprint density at radius 2 is 2.16 bits per heavy atom. The lowest BCUT2D eigenvalue weighted by Crippen LogP contribution is -2.14. The molecule has 0 bridgehead atoms. The number of aromatic nitrogens is 1. The van der Waals surface area contributed by atoms with Crippen molar-refractivity contribution in [2.75, 3.05) is 18.2 Å². The van der Waals surface area contributed by atoms with Crippen LogP contribution in [0, 0.1) is 0 Å². The number of anilines is 2. The van der Waals surface area contributed by atoms with Gasteiger partial charge in [-0.3, -0.25) is 4.79 Å². The molecule has 1 amide bonds. The van der Waals surface area contributed by atoms with Gasteiger partial charge in [-0.1, -0.05) is 22.0 Å². The molecule has 19 heavy (non-hydrogen) atoms. The molecule has 0 saturated heterocycles. The molecule has 0 aliphatic rings. The smallest absolute Gasteiger partial charge is 0.274 e. The number of carbonyl (C=O) groups is 1. The van der Waals surface area contributed by atoms with Crippen molar-refractivity contribution in [3.63, 3.8) is 0 Å². The number of hydrogen-bond donors (Lipinski definition) is 2. The maximum Gasteiger partial charge on any atom is 0.274 e. The lowest BCUT2D eigenvalue weighted by atomic mass is 10.2. The average molecular weight is 322 g/mol. The predicted octanol–water partition coefficient (Wildman–Crippen LogP) is 2.69. The van der Waals surface area contributed by atoms with Crippen LogP contribution in [0.15, 0.2) is 40.9 Å². The van der Waals surface area contributed by atoms with Gasteiger partial charge in [0.15, 0.2) is 0 Å². The van der Waals surface area contributed by atoms with E-state index in [-0.39, 0.29) is 11.6 Å². The van der Waals surface area contributed by atoms with Crippen LogP contribution in [0.4, 0.5) is 11.5 Å². The van der Waals surface area contributed by atoms with Crippen molar-refractivity contribution in [2.24, 2.45) is 0 Å². The zero-order valence-corrected chi connectivity index (χ0v) is 11.8. The zero-order chi connectivity index (χ0) is 13.8. The van der Waals surface area contributed by atoms with E-state index in [0.29, 0.717) is 17.3 Å². The summed E-state index contributed by atoms with van der Waals surface area (Å²) in [6.45, 7) is 0. The van der Waals surface area contributed by atoms with E-state index in [2.05, 4.69) is 26.2 Å². The number of hydrogen-bond acceptors (Lipinski definition) is 4. The summed E-state index contributed by atoms with van der Waals surface area (Å²) in [4.78, 5) is 15.9. The predicted molar refractivity (Wildman–Crippen MR) is 77.3 cm³/mol. The fourth-order valence-corrected chi connectivity index (χ4v) is 2.00. The van der Waals surface area contributed by atoms with E-state index in [0.717, 1.165) is 4.47 Å². The van der Waals surface area contributed by atoms with Crippen LogP contribution in [-0.2, 0) is 0 Å². The fraction of sp³-hybridized carbons (Fsp3) is 0.0769. The molecule has 0 radical (unpaired) electrons. The van der Waals surface area contributed by atoms with E-state index in [9.17, 15) is 4.79 Å². The minimum atomic E-state index is -0.326. The number of carbonyl (C=O) groups excluding carboxylic acids is 1. The summed E-state index contributed by atoms with van der Waals surface area (Å²) in [6.07, 6.45) is 0. The summed E-state index contributed by atoms with van der Waals surface area (Å²) in [5, 5.41) is 2.73. The molecule has 98 valence electrons. The number of nitrogen functional groups attached to an aromatic ring is 1. The van der Waals surface area contributed by atoms with Gasteiger partial charge < -0.3 is 15.8 Å². The second kappa shape index (κ2) is 5.71. The molecule has 5 nitrogen and oxygen atoms in total. The van der Waals surface area contributed by atoms with E-state index in [4.69, 9.17) is 10.5 Å². The van der Waals surface area contributed by atoms with Crippen molar-refractivity contribution < 1.29 is 9.53 Å². The highest BCUT2D eigenvalue weighted by molar-refractivity contribution is 9.10. The monoisotopic (exact) mass is 321 g/mol. The van der Waals surface area contributed by atoms with Gasteiger partial charge in [0.25, 0.3) is 5.91 Å². The first-order chi connectivity index (χ1) is 9.08. The van der Waals surface area contributed by atoms with Gasteiger partial charge >= 0.3 is 0 Å². The minimum absolute atomic E-state index is 0.263. The Kier molecular flexibility index (Phi) is 4.01. The van der Waals surface area contributed by atoms with Crippen molar-refractivity contribution >= 4 is 33.3 Å². The fourth-order valence-electron chi connectivity index (χ4n) is 1.53. The molecule has 2 aromatic rings. The molecular formula is C13H12BrN3O2. The summed E-state index contributed by atoms with van der Waals surface area (Å²) in [5.74, 6) is 0.622. The van der Waals surface area contributed by atoms with Crippen molar-refractivity contribution in [1.82, 2.24) is 4.98 Å². The first-order valence-electron chi connectivity index (χ1n) is 5.47. The van der Waals surface area contributed by atoms with Crippen LogP contribution in [0.1, 0.15) is 10.5 Å². The first-order valence-corrected chi connectivity index (χ1v) is 6.26. The molecule has 0 unspecified atom stereocenters. The topological polar surface area (TPSA) is 77.2 Å². The molecular weight excluding hydrogens is 310 g/mol. The summed E-state index contributed by atoms with van der Waals surface area (Å²) >= 11 is 3.34. The highest BCUT2D eigenvalue weighted by atomic mass is 79.9. The van der Waals surface area contributed by atoms with Gasteiger partial charge in [0.2, 0.25) is 0 Å². The van der Waals surface area contributed by atoms with Crippen molar-refractivity contribution in [3.8, 4) is 5.75 Å². The Balaban J connectivity index is 2.21. The third kappa shape index (κ3) is 3.45. The second-order valence-electron chi connectivity index (χ2n) is 3.78. The Labute approximate surface area is 118 Å². The molecule has 3 N–H and O–H groups in total. The summed E-state index contributed by atoms with van der Waals surface area (Å²) < 4.78 is 5.93. The highest BCUT2D eigenvalue weighted by Gasteiger charge is 2.09. The molecule has 6 heteroatoms. The molecule has 0 aliphatic heterocycles. The van der Waals surface area contributed by atoms with Gasteiger partial charge in [0.05, 0.1) is 7.11 Å². The molecule has 1 aromatic carbocycles. The number of amides is 1. The summed E-state index contributed by atoms with van der Waals surface area (Å²) in [6, 6.07) is 10.2. The maximum atomic E-state index is 12.0. The van der Waals surface area contributed by atoms with Gasteiger partial charge in [0.1, 0.15) is 17.3 Å². The Bertz CT molecular complexity index is 617. The molecule has 0 spiro atoms. The number of nitrogens with zero attached hydrogens (tertiary/aromatic N) is 1. The largest absolute Gasteiger partial charge is 0.497 e. The number of ether oxygens (including phenoxy) is 1. The van der Waals surface area contributed by atoms with E-state index < -0.39 is 0 Å². The molecule has 1 heterocycles. The van der Waals surface area contributed by atoms with Gasteiger partial charge in [-0.05, 0) is 24.3 Å². The quantitative estimate of drug-likeness (QED) is 0.911. The number of methoxy groups -OCH3 is 1. The third-order valence-electron chi connectivity index (χ3n) is 2.37. The third-order valence-corrected chi connectivity index (χ3v) is 2.83. The molecule has 2 rings (SSSR count). The van der Waals surface area contributed by atoms with Crippen LogP contribution in [0.2, 0.25) is 0 Å². The van der Waals surface area contributed by atoms with Gasteiger partial charge in [-0.2, -0.15) is 0 Å². The molecule has 1 aromatic heterocycles. The number of nitrogens with two attached hydrogens (primary N) is 1. The molecule has 0 atom stereocenters. The Morgan fingerprint density at radius 1 is 1.37 bits per heavy atom. The summed E-state index contributed by atoms with van der Waals surface area (Å²) in [7, 11) is 1.56. The highest BCUT2D eigenvalue weighted by Crippen LogP contribution is 2.24. The van der Waals surface area contributed by atoms with Gasteiger partial charge in [-0.25, -0.2) is 4.98 Å². The number of pyridine rings is 1. The number of nitrogens with one attached hydrogen (secondary N) is 1. The van der Waals surface area contributed by atoms with Crippen molar-refractivity contribution in [3.05, 3.63) is 46.6 Å². The Morgan fingerprint density at radius 3 is 2.84 bits per heavy atom. The van der Waals surface area contributed by atoms with Gasteiger partial charge in [0, 0.05) is 16.2 Å². The van der Waals surface area contributed by atoms with Gasteiger partial charge in [-0.15, -0.1) is 0 Å². The summed E-state index contributed by atoms with van der Waals surface area (Å²) in [5.41, 5.74) is 6.42. The van der Waals surface area contributed by atoms with Crippen molar-refractivity contribution in [1.29, 1.82) is 0 Å². The molecule has 0 aliphatic carbocycles. The Hall–Kier alpha value is -2.08. The zero-order valence-electron chi connectivity index (χ0n) is 10.2. The SMILES string of the molecule is COc1cc(Br)cc(NC(=O)c2cccc(N)n2)c1. The average Bonchev–Trinajstić information content (AvgIpc) is 2.38. The molecule has 0 saturated carbocycles. The van der Waals surface area contributed by atoms with E-state index in [1.807, 2.05) is 0 Å². The number of halogens is 1. The van der Waals surface area contributed by atoms with Crippen LogP contribution < -0.4 is 15.8 Å². The number of rotatable bonds is 3. The van der Waals surface area contributed by atoms with E-state index >= 15 is 0 Å². The minimum Gasteiger partial charge on any atom is -0.497 e. The lowest BCUT2D eigenvalue weighted by Gasteiger charge is -2.08.